The SMILES string of the molecule is Cc1cc(N(CCO)C2CCCC2)c(C(C)O)cc1F. The number of rotatable bonds is 5. The second-order valence-electron chi connectivity index (χ2n) is 5.69. The normalized spacial score (nSPS) is 17.4. The van der Waals surface area contributed by atoms with E-state index in [1.54, 1.807) is 19.9 Å². The number of halogens is 1. The zero-order valence-corrected chi connectivity index (χ0v) is 12.3. The van der Waals surface area contributed by atoms with Gasteiger partial charge in [-0.25, -0.2) is 4.39 Å². The fraction of sp³-hybridized carbons (Fsp3) is 0.625. The molecule has 0 heterocycles. The lowest BCUT2D eigenvalue weighted by molar-refractivity contribution is 0.198. The molecule has 0 aliphatic heterocycles. The van der Waals surface area contributed by atoms with Crippen LogP contribution in [0.15, 0.2) is 12.1 Å². The minimum absolute atomic E-state index is 0.0617. The Labute approximate surface area is 120 Å². The molecule has 0 radical (unpaired) electrons. The van der Waals surface area contributed by atoms with Crippen molar-refractivity contribution < 1.29 is 14.6 Å². The predicted octanol–water partition coefficient (Wildman–Crippen LogP) is 2.93. The van der Waals surface area contributed by atoms with Crippen LogP contribution in [-0.2, 0) is 0 Å². The number of hydrogen-bond acceptors (Lipinski definition) is 3. The zero-order valence-electron chi connectivity index (χ0n) is 12.3. The standard InChI is InChI=1S/C16H24FNO2/c1-11-9-16(14(12(2)20)10-15(11)17)18(7-8-19)13-5-3-4-6-13/h9-10,12-13,19-20H,3-8H2,1-2H3. The van der Waals surface area contributed by atoms with Crippen molar-refractivity contribution in [3.63, 3.8) is 0 Å². The summed E-state index contributed by atoms with van der Waals surface area (Å²) in [7, 11) is 0. The lowest BCUT2D eigenvalue weighted by Gasteiger charge is -2.33. The molecule has 2 rings (SSSR count). The monoisotopic (exact) mass is 281 g/mol. The van der Waals surface area contributed by atoms with Crippen molar-refractivity contribution in [3.05, 3.63) is 29.1 Å². The molecule has 3 nitrogen and oxygen atoms in total. The number of hydrogen-bond donors (Lipinski definition) is 2. The summed E-state index contributed by atoms with van der Waals surface area (Å²) in [5.74, 6) is -0.292. The predicted molar refractivity (Wildman–Crippen MR) is 78.5 cm³/mol. The van der Waals surface area contributed by atoms with Crippen LogP contribution in [0.3, 0.4) is 0 Å². The third-order valence-electron chi connectivity index (χ3n) is 4.17. The van der Waals surface area contributed by atoms with Crippen molar-refractivity contribution in [1.82, 2.24) is 0 Å². The minimum Gasteiger partial charge on any atom is -0.395 e. The highest BCUT2D eigenvalue weighted by atomic mass is 19.1. The maximum absolute atomic E-state index is 13.8. The Morgan fingerprint density at radius 1 is 1.35 bits per heavy atom. The first-order valence-corrected chi connectivity index (χ1v) is 7.40. The molecule has 2 N–H and O–H groups in total. The van der Waals surface area contributed by atoms with Crippen LogP contribution in [0.5, 0.6) is 0 Å². The molecule has 4 heteroatoms. The fourth-order valence-corrected chi connectivity index (χ4v) is 3.09. The van der Waals surface area contributed by atoms with Crippen molar-refractivity contribution >= 4 is 5.69 Å². The summed E-state index contributed by atoms with van der Waals surface area (Å²) in [6.07, 6.45) is 3.85. The molecule has 112 valence electrons. The molecule has 20 heavy (non-hydrogen) atoms. The number of aliphatic hydroxyl groups is 2. The number of aryl methyl sites for hydroxylation is 1. The molecule has 1 fully saturated rings. The molecule has 0 bridgehead atoms. The Balaban J connectivity index is 2.42. The van der Waals surface area contributed by atoms with E-state index in [0.717, 1.165) is 18.5 Å². The molecule has 0 aromatic heterocycles. The van der Waals surface area contributed by atoms with E-state index in [4.69, 9.17) is 0 Å². The minimum atomic E-state index is -0.720. The van der Waals surface area contributed by atoms with Crippen molar-refractivity contribution in [2.45, 2.75) is 51.7 Å². The maximum atomic E-state index is 13.8. The molecule has 0 spiro atoms. The highest BCUT2D eigenvalue weighted by Gasteiger charge is 2.25. The van der Waals surface area contributed by atoms with Gasteiger partial charge in [0.25, 0.3) is 0 Å². The smallest absolute Gasteiger partial charge is 0.126 e. The van der Waals surface area contributed by atoms with Gasteiger partial charge in [-0.15, -0.1) is 0 Å². The van der Waals surface area contributed by atoms with Gasteiger partial charge in [0.05, 0.1) is 12.7 Å². The van der Waals surface area contributed by atoms with Crippen molar-refractivity contribution in [2.24, 2.45) is 0 Å². The molecule has 1 saturated carbocycles. The van der Waals surface area contributed by atoms with Crippen LogP contribution < -0.4 is 4.90 Å². The molecule has 1 atom stereocenters. The molecule has 1 unspecified atom stereocenters. The van der Waals surface area contributed by atoms with Crippen LogP contribution in [0.2, 0.25) is 0 Å². The van der Waals surface area contributed by atoms with Crippen LogP contribution in [-0.4, -0.2) is 29.4 Å². The molecular formula is C16H24FNO2. The summed E-state index contributed by atoms with van der Waals surface area (Å²) in [5.41, 5.74) is 2.04. The first-order valence-electron chi connectivity index (χ1n) is 7.40. The largest absolute Gasteiger partial charge is 0.395 e. The van der Waals surface area contributed by atoms with Crippen molar-refractivity contribution in [1.29, 1.82) is 0 Å². The molecule has 1 aromatic rings. The van der Waals surface area contributed by atoms with Gasteiger partial charge in [-0.2, -0.15) is 0 Å². The molecule has 1 aliphatic rings. The number of benzene rings is 1. The van der Waals surface area contributed by atoms with E-state index in [0.29, 0.717) is 23.7 Å². The van der Waals surface area contributed by atoms with Gasteiger partial charge in [-0.3, -0.25) is 0 Å². The third-order valence-corrected chi connectivity index (χ3v) is 4.17. The Bertz CT molecular complexity index is 456. The quantitative estimate of drug-likeness (QED) is 0.872. The molecule has 1 aliphatic carbocycles. The van der Waals surface area contributed by atoms with Gasteiger partial charge in [0.15, 0.2) is 0 Å². The average Bonchev–Trinajstić information content (AvgIpc) is 2.92. The molecule has 0 saturated heterocycles. The highest BCUT2D eigenvalue weighted by Crippen LogP contribution is 2.34. The number of anilines is 1. The highest BCUT2D eigenvalue weighted by molar-refractivity contribution is 5.57. The van der Waals surface area contributed by atoms with Crippen LogP contribution in [0, 0.1) is 12.7 Å². The first kappa shape index (κ1) is 15.3. The van der Waals surface area contributed by atoms with Gasteiger partial charge >= 0.3 is 0 Å². The lowest BCUT2D eigenvalue weighted by atomic mass is 10.0. The molecule has 0 amide bonds. The van der Waals surface area contributed by atoms with E-state index < -0.39 is 6.10 Å². The summed E-state index contributed by atoms with van der Waals surface area (Å²) in [6.45, 7) is 3.97. The van der Waals surface area contributed by atoms with Crippen molar-refractivity contribution in [3.8, 4) is 0 Å². The summed E-state index contributed by atoms with van der Waals surface area (Å²) in [5, 5.41) is 19.3. The van der Waals surface area contributed by atoms with Crippen LogP contribution in [0.4, 0.5) is 10.1 Å². The van der Waals surface area contributed by atoms with E-state index in [-0.39, 0.29) is 12.4 Å². The summed E-state index contributed by atoms with van der Waals surface area (Å²) < 4.78 is 13.8. The van der Waals surface area contributed by atoms with Crippen LogP contribution >= 0.6 is 0 Å². The second-order valence-corrected chi connectivity index (χ2v) is 5.69. The van der Waals surface area contributed by atoms with E-state index in [2.05, 4.69) is 4.90 Å². The zero-order chi connectivity index (χ0) is 14.7. The Kier molecular flexibility index (Phi) is 5.00. The second kappa shape index (κ2) is 6.55. The topological polar surface area (TPSA) is 43.7 Å². The summed E-state index contributed by atoms with van der Waals surface area (Å²) in [6, 6.07) is 3.60. The van der Waals surface area contributed by atoms with Gasteiger partial charge in [0.1, 0.15) is 5.82 Å². The van der Waals surface area contributed by atoms with Gasteiger partial charge in [-0.1, -0.05) is 12.8 Å². The summed E-state index contributed by atoms with van der Waals surface area (Å²) in [4.78, 5) is 2.14. The first-order chi connectivity index (χ1) is 9.54. The number of nitrogens with zero attached hydrogens (tertiary/aromatic N) is 1. The lowest BCUT2D eigenvalue weighted by Crippen LogP contribution is -2.36. The van der Waals surface area contributed by atoms with Gasteiger partial charge in [0, 0.05) is 23.8 Å². The molecule has 1 aromatic carbocycles. The maximum Gasteiger partial charge on any atom is 0.126 e. The third kappa shape index (κ3) is 3.13. The molecular weight excluding hydrogens is 257 g/mol. The van der Waals surface area contributed by atoms with Crippen LogP contribution in [0.25, 0.3) is 0 Å². The number of aliphatic hydroxyl groups excluding tert-OH is 2. The van der Waals surface area contributed by atoms with E-state index in [1.807, 2.05) is 0 Å². The van der Waals surface area contributed by atoms with Crippen molar-refractivity contribution in [2.75, 3.05) is 18.1 Å². The van der Waals surface area contributed by atoms with Gasteiger partial charge in [0.2, 0.25) is 0 Å². The van der Waals surface area contributed by atoms with E-state index >= 15 is 0 Å². The fourth-order valence-electron chi connectivity index (χ4n) is 3.09. The Morgan fingerprint density at radius 2 is 2.00 bits per heavy atom. The van der Waals surface area contributed by atoms with E-state index in [9.17, 15) is 14.6 Å². The van der Waals surface area contributed by atoms with Gasteiger partial charge < -0.3 is 15.1 Å². The van der Waals surface area contributed by atoms with Crippen LogP contribution in [0.1, 0.15) is 49.8 Å². The average molecular weight is 281 g/mol. The van der Waals surface area contributed by atoms with E-state index in [1.165, 1.54) is 18.9 Å². The summed E-state index contributed by atoms with van der Waals surface area (Å²) >= 11 is 0. The Morgan fingerprint density at radius 3 is 2.55 bits per heavy atom. The Hall–Kier alpha value is -1.13. The van der Waals surface area contributed by atoms with Gasteiger partial charge in [-0.05, 0) is 44.4 Å².